The van der Waals surface area contributed by atoms with Crippen LogP contribution in [0.1, 0.15) is 48.2 Å². The van der Waals surface area contributed by atoms with Gasteiger partial charge in [0.2, 0.25) is 11.8 Å². The molecule has 1 aromatic heterocycles. The number of ether oxygens (including phenoxy) is 1. The zero-order chi connectivity index (χ0) is 22.3. The number of carboxylic acid groups (broad SMARTS) is 1. The first kappa shape index (κ1) is 20.9. The van der Waals surface area contributed by atoms with Crippen LogP contribution in [-0.4, -0.2) is 46.1 Å². The lowest BCUT2D eigenvalue weighted by atomic mass is 9.60. The normalized spacial score (nSPS) is 25.9. The van der Waals surface area contributed by atoms with Crippen molar-refractivity contribution in [3.05, 3.63) is 35.5 Å². The van der Waals surface area contributed by atoms with Crippen LogP contribution in [0, 0.1) is 5.92 Å². The van der Waals surface area contributed by atoms with Gasteiger partial charge in [-0.25, -0.2) is 9.59 Å². The Morgan fingerprint density at radius 1 is 1.23 bits per heavy atom. The van der Waals surface area contributed by atoms with E-state index < -0.39 is 41.1 Å². The molecule has 1 saturated heterocycles. The van der Waals surface area contributed by atoms with Crippen molar-refractivity contribution in [2.75, 3.05) is 6.61 Å². The highest BCUT2D eigenvalue weighted by Gasteiger charge is 2.54. The number of esters is 1. The molecule has 164 valence electrons. The number of benzene rings is 1. The number of aromatic carboxylic acids is 1. The Bertz CT molecular complexity index is 1090. The summed E-state index contributed by atoms with van der Waals surface area (Å²) in [6.45, 7) is 0.224. The van der Waals surface area contributed by atoms with Gasteiger partial charge >= 0.3 is 11.9 Å². The standard InChI is InChI=1S/C22H25N3O6/c1-25-15-8-3-2-6-12(15)16(17(25)19(27)28)22(21(23)30)10-5-4-7-13(22)18(26)24-14-9-11-31-20(14)29/h2-3,6,8,13-14H,4-5,7,9-11H2,1H3,(H2,23,30)(H,24,26)(H,27,28)/t13-,14-,22-/m0/s1. The van der Waals surface area contributed by atoms with Crippen LogP contribution in [0.25, 0.3) is 10.9 Å². The van der Waals surface area contributed by atoms with Gasteiger partial charge in [-0.2, -0.15) is 0 Å². The first-order valence-electron chi connectivity index (χ1n) is 10.4. The third-order valence-electron chi connectivity index (χ3n) is 6.67. The zero-order valence-electron chi connectivity index (χ0n) is 17.2. The van der Waals surface area contributed by atoms with E-state index in [9.17, 15) is 24.3 Å². The van der Waals surface area contributed by atoms with Crippen molar-refractivity contribution >= 4 is 34.7 Å². The van der Waals surface area contributed by atoms with Crippen LogP contribution in [-0.2, 0) is 31.6 Å². The van der Waals surface area contributed by atoms with Gasteiger partial charge < -0.3 is 25.5 Å². The number of carbonyl (C=O) groups excluding carboxylic acids is 3. The summed E-state index contributed by atoms with van der Waals surface area (Å²) in [5, 5.41) is 13.3. The molecule has 1 aliphatic carbocycles. The molecule has 9 nitrogen and oxygen atoms in total. The summed E-state index contributed by atoms with van der Waals surface area (Å²) in [4.78, 5) is 50.6. The van der Waals surface area contributed by atoms with Gasteiger partial charge in [0.25, 0.3) is 0 Å². The Balaban J connectivity index is 1.91. The maximum Gasteiger partial charge on any atom is 0.352 e. The Kier molecular flexibility index (Phi) is 5.20. The number of para-hydroxylation sites is 1. The number of carbonyl (C=O) groups is 4. The Morgan fingerprint density at radius 2 is 1.97 bits per heavy atom. The van der Waals surface area contributed by atoms with Crippen LogP contribution < -0.4 is 11.1 Å². The number of hydrogen-bond acceptors (Lipinski definition) is 5. The van der Waals surface area contributed by atoms with Crippen LogP contribution in [0.2, 0.25) is 0 Å². The lowest BCUT2D eigenvalue weighted by Gasteiger charge is -2.41. The molecule has 4 rings (SSSR count). The van der Waals surface area contributed by atoms with Crippen molar-refractivity contribution in [1.29, 1.82) is 0 Å². The number of carboxylic acids is 1. The van der Waals surface area contributed by atoms with Crippen molar-refractivity contribution in [2.45, 2.75) is 43.6 Å². The maximum absolute atomic E-state index is 13.3. The number of amides is 2. The van der Waals surface area contributed by atoms with E-state index in [2.05, 4.69) is 5.32 Å². The smallest absolute Gasteiger partial charge is 0.352 e. The molecule has 31 heavy (non-hydrogen) atoms. The van der Waals surface area contributed by atoms with Gasteiger partial charge in [0.15, 0.2) is 0 Å². The number of aryl methyl sites for hydroxylation is 1. The number of rotatable bonds is 5. The topological polar surface area (TPSA) is 141 Å². The van der Waals surface area contributed by atoms with Gasteiger partial charge in [0.1, 0.15) is 11.7 Å². The second-order valence-electron chi connectivity index (χ2n) is 8.26. The highest BCUT2D eigenvalue weighted by molar-refractivity contribution is 6.06. The van der Waals surface area contributed by atoms with Crippen molar-refractivity contribution in [3.8, 4) is 0 Å². The number of hydrogen-bond donors (Lipinski definition) is 3. The number of primary amides is 1. The average molecular weight is 427 g/mol. The first-order chi connectivity index (χ1) is 14.8. The summed E-state index contributed by atoms with van der Waals surface area (Å²) in [6, 6.07) is 6.29. The predicted molar refractivity (Wildman–Crippen MR) is 110 cm³/mol. The van der Waals surface area contributed by atoms with Gasteiger partial charge in [-0.05, 0) is 18.9 Å². The highest BCUT2D eigenvalue weighted by atomic mass is 16.5. The fourth-order valence-corrected chi connectivity index (χ4v) is 5.24. The molecule has 2 fully saturated rings. The number of cyclic esters (lactones) is 1. The van der Waals surface area contributed by atoms with Crippen LogP contribution in [0.15, 0.2) is 24.3 Å². The van der Waals surface area contributed by atoms with E-state index in [0.717, 1.165) is 0 Å². The molecule has 2 heterocycles. The molecular weight excluding hydrogens is 402 g/mol. The van der Waals surface area contributed by atoms with Gasteiger partial charge in [-0.15, -0.1) is 0 Å². The van der Waals surface area contributed by atoms with Crippen LogP contribution >= 0.6 is 0 Å². The second-order valence-corrected chi connectivity index (χ2v) is 8.26. The summed E-state index contributed by atoms with van der Waals surface area (Å²) in [5.41, 5.74) is 5.31. The molecule has 2 aliphatic rings. The van der Waals surface area contributed by atoms with Gasteiger partial charge in [-0.1, -0.05) is 31.0 Å². The maximum atomic E-state index is 13.3. The van der Waals surface area contributed by atoms with Gasteiger partial charge in [0, 0.05) is 29.9 Å². The van der Waals surface area contributed by atoms with E-state index in [4.69, 9.17) is 10.5 Å². The molecule has 0 unspecified atom stereocenters. The molecule has 1 aromatic carbocycles. The SMILES string of the molecule is Cn1c(C(=O)O)c([C@]2(C(N)=O)CCCC[C@H]2C(=O)N[C@H]2CCOC2=O)c2ccccc21. The number of nitrogens with two attached hydrogens (primary N) is 1. The molecule has 2 aromatic rings. The van der Waals surface area contributed by atoms with Crippen LogP contribution in [0.3, 0.4) is 0 Å². The minimum absolute atomic E-state index is 0.0556. The van der Waals surface area contributed by atoms with E-state index in [1.54, 1.807) is 31.3 Å². The van der Waals surface area contributed by atoms with E-state index >= 15 is 0 Å². The number of nitrogens with one attached hydrogen (secondary N) is 1. The minimum atomic E-state index is -1.50. The number of fused-ring (bicyclic) bond motifs is 1. The fourth-order valence-electron chi connectivity index (χ4n) is 5.24. The molecule has 3 atom stereocenters. The Labute approximate surface area is 178 Å². The van der Waals surface area contributed by atoms with E-state index in [0.29, 0.717) is 36.6 Å². The van der Waals surface area contributed by atoms with E-state index in [1.165, 1.54) is 4.57 Å². The largest absolute Gasteiger partial charge is 0.477 e. The zero-order valence-corrected chi connectivity index (χ0v) is 17.2. The molecule has 0 bridgehead atoms. The average Bonchev–Trinajstić information content (AvgIpc) is 3.28. The first-order valence-corrected chi connectivity index (χ1v) is 10.4. The van der Waals surface area contributed by atoms with E-state index in [-0.39, 0.29) is 24.3 Å². The number of nitrogens with zero attached hydrogens (tertiary/aromatic N) is 1. The lowest BCUT2D eigenvalue weighted by Crippen LogP contribution is -2.56. The highest BCUT2D eigenvalue weighted by Crippen LogP contribution is 2.48. The summed E-state index contributed by atoms with van der Waals surface area (Å²) in [5.74, 6) is -3.81. The second kappa shape index (κ2) is 7.72. The van der Waals surface area contributed by atoms with Gasteiger partial charge in [0.05, 0.1) is 17.9 Å². The fraction of sp³-hybridized carbons (Fsp3) is 0.455. The molecule has 0 radical (unpaired) electrons. The van der Waals surface area contributed by atoms with Gasteiger partial charge in [-0.3, -0.25) is 9.59 Å². The van der Waals surface area contributed by atoms with Crippen molar-refractivity contribution in [2.24, 2.45) is 18.7 Å². The molecule has 9 heteroatoms. The third-order valence-corrected chi connectivity index (χ3v) is 6.67. The summed E-state index contributed by atoms with van der Waals surface area (Å²) in [6.07, 6.45) is 2.29. The Hall–Kier alpha value is -3.36. The molecule has 4 N–H and O–H groups in total. The van der Waals surface area contributed by atoms with Crippen molar-refractivity contribution in [3.63, 3.8) is 0 Å². The molecule has 1 saturated carbocycles. The van der Waals surface area contributed by atoms with Crippen LogP contribution in [0.4, 0.5) is 0 Å². The molecule has 2 amide bonds. The summed E-state index contributed by atoms with van der Waals surface area (Å²) >= 11 is 0. The molecular formula is C22H25N3O6. The predicted octanol–water partition coefficient (Wildman–Crippen LogP) is 1.22. The quantitative estimate of drug-likeness (QED) is 0.613. The minimum Gasteiger partial charge on any atom is -0.477 e. The summed E-state index contributed by atoms with van der Waals surface area (Å²) < 4.78 is 6.45. The molecule has 1 aliphatic heterocycles. The summed E-state index contributed by atoms with van der Waals surface area (Å²) in [7, 11) is 1.62. The molecule has 0 spiro atoms. The van der Waals surface area contributed by atoms with Crippen molar-refractivity contribution < 1.29 is 29.0 Å². The van der Waals surface area contributed by atoms with Crippen molar-refractivity contribution in [1.82, 2.24) is 9.88 Å². The van der Waals surface area contributed by atoms with Crippen LogP contribution in [0.5, 0.6) is 0 Å². The number of aromatic nitrogens is 1. The Morgan fingerprint density at radius 3 is 2.61 bits per heavy atom. The van der Waals surface area contributed by atoms with E-state index in [1.807, 2.05) is 0 Å². The monoisotopic (exact) mass is 427 g/mol. The lowest BCUT2D eigenvalue weighted by molar-refractivity contribution is -0.143. The third kappa shape index (κ3) is 3.15.